The summed E-state index contributed by atoms with van der Waals surface area (Å²) in [6, 6.07) is -0.389. The van der Waals surface area contributed by atoms with Crippen molar-refractivity contribution in [1.29, 1.82) is 0 Å². The van der Waals surface area contributed by atoms with Crippen molar-refractivity contribution in [2.24, 2.45) is 0 Å². The van der Waals surface area contributed by atoms with E-state index in [4.69, 9.17) is 5.11 Å². The van der Waals surface area contributed by atoms with Crippen LogP contribution in [0, 0.1) is 0 Å². The molecule has 0 aliphatic carbocycles. The van der Waals surface area contributed by atoms with Crippen LogP contribution in [0.5, 0.6) is 0 Å². The van der Waals surface area contributed by atoms with Gasteiger partial charge in [0.1, 0.15) is 0 Å². The van der Waals surface area contributed by atoms with Crippen LogP contribution in [0.15, 0.2) is 0 Å². The Balaban J connectivity index is 3.33. The highest BCUT2D eigenvalue weighted by atomic mass is 127. The summed E-state index contributed by atoms with van der Waals surface area (Å²) in [6.45, 7) is 0.371. The number of aliphatic hydroxyl groups excluding tert-OH is 1. The number of halogens is 1. The predicted octanol–water partition coefficient (Wildman–Crippen LogP) is -0.853. The monoisotopic (exact) mass is 289 g/mol. The molecule has 0 rings (SSSR count). The number of aliphatic hydroxyl groups is 1. The van der Waals surface area contributed by atoms with Crippen LogP contribution in [0.1, 0.15) is 0 Å². The molecule has 1 atom stereocenters. The summed E-state index contributed by atoms with van der Waals surface area (Å²) in [5, 5.41) is 11.5. The maximum absolute atomic E-state index is 10.7. The Bertz CT molecular complexity index is 135. The van der Waals surface area contributed by atoms with Crippen LogP contribution in [-0.2, 0) is 4.74 Å². The number of urea groups is 1. The lowest BCUT2D eigenvalue weighted by molar-refractivity contribution is 0.0659. The first kappa shape index (κ1) is 11.9. The molecule has 0 spiro atoms. The molecule has 0 heterocycles. The third-order valence-corrected chi connectivity index (χ3v) is 1.29. The Kier molecular flexibility index (Phi) is 7.45. The van der Waals surface area contributed by atoms with Crippen LogP contribution in [0.2, 0.25) is 0 Å². The van der Waals surface area contributed by atoms with E-state index in [0.29, 0.717) is 0 Å². The molecule has 1 unspecified atom stereocenters. The summed E-state index contributed by atoms with van der Waals surface area (Å²) < 4.78 is 7.08. The molecule has 0 aromatic carbocycles. The lowest BCUT2D eigenvalue weighted by Crippen LogP contribution is -2.43. The maximum atomic E-state index is 10.7. The van der Waals surface area contributed by atoms with Crippen molar-refractivity contribution in [3.05, 3.63) is 0 Å². The highest BCUT2D eigenvalue weighted by Gasteiger charge is 2.04. The van der Waals surface area contributed by atoms with Gasteiger partial charge in [-0.3, -0.25) is 5.43 Å². The minimum atomic E-state index is -0.671. The summed E-state index contributed by atoms with van der Waals surface area (Å²) in [6.07, 6.45) is -0.671. The van der Waals surface area contributed by atoms with Gasteiger partial charge in [0, 0.05) is 36.5 Å². The topological polar surface area (TPSA) is 82.6 Å². The molecule has 2 amide bonds. The third kappa shape index (κ3) is 6.58. The van der Waals surface area contributed by atoms with Crippen LogP contribution < -0.4 is 14.4 Å². The Morgan fingerprint density at radius 3 is 2.92 bits per heavy atom. The van der Waals surface area contributed by atoms with Crippen molar-refractivity contribution in [2.45, 2.75) is 6.10 Å². The molecule has 4 N–H and O–H groups in total. The van der Waals surface area contributed by atoms with Crippen molar-refractivity contribution in [3.63, 3.8) is 0 Å². The number of carbonyl (C=O) groups excluding carboxylic acids is 1. The molecule has 12 heavy (non-hydrogen) atoms. The zero-order valence-corrected chi connectivity index (χ0v) is 8.79. The third-order valence-electron chi connectivity index (χ3n) is 1.02. The fraction of sp³-hybridized carbons (Fsp3) is 0.800. The minimum absolute atomic E-state index is 0.165. The largest absolute Gasteiger partial charge is 0.389 e. The second-order valence-electron chi connectivity index (χ2n) is 2.04. The first-order chi connectivity index (χ1) is 5.70. The zero-order chi connectivity index (χ0) is 9.40. The van der Waals surface area contributed by atoms with Crippen molar-refractivity contribution in [3.8, 4) is 0 Å². The van der Waals surface area contributed by atoms with Crippen LogP contribution in [0.3, 0.4) is 0 Å². The number of nitrogens with one attached hydrogen (secondary N) is 3. The van der Waals surface area contributed by atoms with E-state index in [-0.39, 0.29) is 19.2 Å². The van der Waals surface area contributed by atoms with E-state index in [0.717, 1.165) is 0 Å². The van der Waals surface area contributed by atoms with Crippen LogP contribution in [0.4, 0.5) is 4.79 Å². The Labute approximate surface area is 84.5 Å². The summed E-state index contributed by atoms with van der Waals surface area (Å²) in [5.41, 5.74) is 2.28. The number of hydrogen-bond donors (Lipinski definition) is 4. The summed E-state index contributed by atoms with van der Waals surface area (Å²) in [5.74, 6) is 0. The lowest BCUT2D eigenvalue weighted by atomic mass is 10.4. The van der Waals surface area contributed by atoms with Gasteiger partial charge in [-0.25, -0.2) is 4.79 Å². The van der Waals surface area contributed by atoms with Crippen LogP contribution >= 0.6 is 22.9 Å². The van der Waals surface area contributed by atoms with Crippen LogP contribution in [0.25, 0.3) is 0 Å². The quantitative estimate of drug-likeness (QED) is 0.302. The van der Waals surface area contributed by atoms with Crippen molar-refractivity contribution in [2.75, 3.05) is 20.3 Å². The number of rotatable bonds is 5. The number of hydrazine groups is 1. The average molecular weight is 289 g/mol. The second kappa shape index (κ2) is 7.53. The molecule has 0 bridgehead atoms. The maximum Gasteiger partial charge on any atom is 0.329 e. The number of hydrogen-bond acceptors (Lipinski definition) is 4. The fourth-order valence-corrected chi connectivity index (χ4v) is 0.794. The van der Waals surface area contributed by atoms with E-state index in [1.165, 1.54) is 7.11 Å². The first-order valence-corrected chi connectivity index (χ1v) is 4.35. The van der Waals surface area contributed by atoms with Crippen LogP contribution in [-0.4, -0.2) is 37.5 Å². The molecular formula is C5H12IN3O3. The van der Waals surface area contributed by atoms with E-state index in [2.05, 4.69) is 19.1 Å². The van der Waals surface area contributed by atoms with E-state index < -0.39 is 6.10 Å². The fourth-order valence-electron chi connectivity index (χ4n) is 0.549. The molecule has 6 nitrogen and oxygen atoms in total. The number of carbonyl (C=O) groups is 1. The van der Waals surface area contributed by atoms with Gasteiger partial charge in [-0.2, -0.15) is 3.64 Å². The van der Waals surface area contributed by atoms with Crippen molar-refractivity contribution < 1.29 is 14.6 Å². The van der Waals surface area contributed by atoms with Gasteiger partial charge in [-0.1, -0.05) is 0 Å². The summed E-state index contributed by atoms with van der Waals surface area (Å²) in [4.78, 5) is 10.7. The van der Waals surface area contributed by atoms with E-state index in [1.807, 2.05) is 0 Å². The highest BCUT2D eigenvalue weighted by Crippen LogP contribution is 1.80. The smallest absolute Gasteiger partial charge is 0.329 e. The van der Waals surface area contributed by atoms with Gasteiger partial charge in [-0.15, -0.1) is 0 Å². The molecule has 0 aromatic heterocycles. The lowest BCUT2D eigenvalue weighted by Gasteiger charge is -2.10. The zero-order valence-electron chi connectivity index (χ0n) is 6.63. The molecule has 0 aliphatic rings. The molecule has 72 valence electrons. The Morgan fingerprint density at radius 2 is 2.42 bits per heavy atom. The van der Waals surface area contributed by atoms with Gasteiger partial charge >= 0.3 is 6.03 Å². The van der Waals surface area contributed by atoms with Gasteiger partial charge in [-0.05, 0) is 0 Å². The van der Waals surface area contributed by atoms with E-state index >= 15 is 0 Å². The first-order valence-electron chi connectivity index (χ1n) is 3.27. The molecule has 0 saturated carbocycles. The van der Waals surface area contributed by atoms with Gasteiger partial charge in [0.25, 0.3) is 0 Å². The van der Waals surface area contributed by atoms with Gasteiger partial charge in [0.05, 0.1) is 12.7 Å². The Hall–Kier alpha value is -0.120. The van der Waals surface area contributed by atoms with Crippen molar-refractivity contribution >= 4 is 28.9 Å². The highest BCUT2D eigenvalue weighted by molar-refractivity contribution is 14.1. The van der Waals surface area contributed by atoms with E-state index in [1.54, 1.807) is 22.9 Å². The molecule has 0 fully saturated rings. The Morgan fingerprint density at radius 1 is 1.75 bits per heavy atom. The second-order valence-corrected chi connectivity index (χ2v) is 2.58. The molecule has 0 aliphatic heterocycles. The predicted molar refractivity (Wildman–Crippen MR) is 51.6 cm³/mol. The standard InChI is InChI=1S/C5H12IN3O3/c1-12-3-4(10)2-7-5(11)8-9-6/h4,9-10H,2-3H2,1H3,(H2,7,8,11). The summed E-state index contributed by atoms with van der Waals surface area (Å²) in [7, 11) is 1.48. The molecule has 0 radical (unpaired) electrons. The number of amides is 2. The SMILES string of the molecule is COCC(O)CNC(=O)NNI. The summed E-state index contributed by atoms with van der Waals surface area (Å²) >= 11 is 1.77. The average Bonchev–Trinajstić information content (AvgIpc) is 2.02. The van der Waals surface area contributed by atoms with Gasteiger partial charge in [0.15, 0.2) is 0 Å². The molecular weight excluding hydrogens is 277 g/mol. The molecule has 0 saturated heterocycles. The van der Waals surface area contributed by atoms with Gasteiger partial charge in [0.2, 0.25) is 0 Å². The number of methoxy groups -OCH3 is 1. The van der Waals surface area contributed by atoms with E-state index in [9.17, 15) is 4.79 Å². The van der Waals surface area contributed by atoms with Gasteiger partial charge < -0.3 is 15.2 Å². The minimum Gasteiger partial charge on any atom is -0.389 e. The normalized spacial score (nSPS) is 12.2. The molecule has 7 heteroatoms. The van der Waals surface area contributed by atoms with Crippen molar-refractivity contribution in [1.82, 2.24) is 14.4 Å². The number of ether oxygens (including phenoxy) is 1. The molecule has 0 aromatic rings.